The van der Waals surface area contributed by atoms with Crippen LogP contribution in [0, 0.1) is 19.0 Å². The largest absolute Gasteiger partial charge is 0.509 e. The molecule has 0 fully saturated rings. The number of hydrogen-bond acceptors (Lipinski definition) is 2. The smallest absolute Gasteiger partial charge is 0.253 e. The van der Waals surface area contributed by atoms with Gasteiger partial charge >= 0.3 is 0 Å². The molecule has 0 aliphatic carbocycles. The molecule has 0 aliphatic heterocycles. The summed E-state index contributed by atoms with van der Waals surface area (Å²) in [4.78, 5) is 4.67. The first-order chi connectivity index (χ1) is 49.3. The maximum Gasteiger partial charge on any atom is 0.253 e. The number of fused-ring (bicyclic) bond motifs is 4. The molecule has 3 aromatic heterocycles. The number of imidazole rings is 1. The second kappa shape index (κ2) is 20.7. The van der Waals surface area contributed by atoms with Crippen molar-refractivity contribution in [2.45, 2.75) is 33.0 Å². The Balaban J connectivity index is 0.0000105. The topological polar surface area (TPSA) is 35.9 Å². The third-order valence-electron chi connectivity index (χ3n) is 13.3. The van der Waals surface area contributed by atoms with Crippen molar-refractivity contribution in [2.24, 2.45) is 0 Å². The number of aromatic nitrogens is 4. The van der Waals surface area contributed by atoms with Gasteiger partial charge in [0.2, 0.25) is 0 Å². The molecule has 78 heavy (non-hydrogen) atoms. The van der Waals surface area contributed by atoms with Crippen molar-refractivity contribution in [3.05, 3.63) is 284 Å². The Labute approximate surface area is 511 Å². The van der Waals surface area contributed by atoms with E-state index in [0.29, 0.717) is 27.4 Å². The van der Waals surface area contributed by atoms with Crippen molar-refractivity contribution in [3.8, 4) is 50.9 Å². The van der Waals surface area contributed by atoms with Gasteiger partial charge < -0.3 is 9.30 Å². The molecule has 380 valence electrons. The van der Waals surface area contributed by atoms with E-state index in [1.165, 1.54) is 42.7 Å². The molecule has 0 saturated heterocycles. The Bertz CT molecular complexity index is 5660. The predicted molar refractivity (Wildman–Crippen MR) is 319 cm³/mol. The standard InChI is InChI=1S/C71H55N4OSi.Pt/c1-50-44-69(72-48-62(50)52-26-12-6-13-27-52)75-64-38-21-20-36-60(64)61-42-41-56(47-66(61)75)76-55-29-22-28-54(46-55)73-49-74(65-43-40-53(45-67(65)73)51-24-10-5-11-25-51)70-63(71(2,3)4)37-23-39-68(70)77(57-30-14-7-15-31-57,58-32-16-8-17-33-58)59-34-18-9-19-35-59;/h5-45,48-49H,1-4H3;/q-1;/i1D3,5D,6D,7D,8D,9D,10D,11D,12D,13D,14D,15D,16D,17D,18D,19D,24D,25D,26D,27D,30D,31D,32D,33D,34D,35D;. The van der Waals surface area contributed by atoms with Crippen molar-refractivity contribution in [1.82, 2.24) is 14.1 Å². The minimum atomic E-state index is -5.89. The summed E-state index contributed by atoms with van der Waals surface area (Å²) < 4.78 is 265. The maximum absolute atomic E-state index is 9.92. The van der Waals surface area contributed by atoms with Crippen LogP contribution in [-0.2, 0) is 26.5 Å². The molecule has 3 heterocycles. The van der Waals surface area contributed by atoms with Crippen LogP contribution in [0.3, 0.4) is 0 Å². The second-order valence-corrected chi connectivity index (χ2v) is 22.3. The fourth-order valence-corrected chi connectivity index (χ4v) is 14.0. The zero-order valence-corrected chi connectivity index (χ0v) is 44.7. The number of ether oxygens (including phenoxy) is 1. The molecule has 0 aliphatic rings. The molecule has 0 atom stereocenters. The molecule has 7 heteroatoms. The van der Waals surface area contributed by atoms with Crippen LogP contribution in [0.25, 0.3) is 72.3 Å². The van der Waals surface area contributed by atoms with Crippen molar-refractivity contribution in [1.29, 1.82) is 0 Å². The Morgan fingerprint density at radius 1 is 0.577 bits per heavy atom. The van der Waals surface area contributed by atoms with Crippen LogP contribution < -0.4 is 30.1 Å². The summed E-state index contributed by atoms with van der Waals surface area (Å²) in [6, 6.07) is 11.5. The molecule has 0 unspecified atom stereocenters. The van der Waals surface area contributed by atoms with Crippen molar-refractivity contribution >= 4 is 61.7 Å². The average Bonchev–Trinajstić information content (AvgIpc) is 0.709. The van der Waals surface area contributed by atoms with Crippen molar-refractivity contribution in [2.75, 3.05) is 0 Å². The van der Waals surface area contributed by atoms with E-state index in [2.05, 4.69) is 17.1 Å². The molecule has 0 spiro atoms. The van der Waals surface area contributed by atoms with Crippen molar-refractivity contribution in [3.63, 3.8) is 0 Å². The molecule has 0 N–H and O–H groups in total. The molecule has 0 saturated carbocycles. The van der Waals surface area contributed by atoms with Gasteiger partial charge in [0.25, 0.3) is 6.33 Å². The molecular weight excluding hydrogens is 1150 g/mol. The van der Waals surface area contributed by atoms with Crippen LogP contribution in [-0.4, -0.2) is 22.2 Å². The molecule has 0 amide bonds. The second-order valence-electron chi connectivity index (χ2n) is 18.8. The fourth-order valence-electron chi connectivity index (χ4n) is 9.96. The Morgan fingerprint density at radius 2 is 1.19 bits per heavy atom. The van der Waals surface area contributed by atoms with E-state index in [0.717, 1.165) is 6.20 Å². The van der Waals surface area contributed by atoms with E-state index in [9.17, 15) is 16.4 Å². The van der Waals surface area contributed by atoms with Crippen LogP contribution in [0.4, 0.5) is 0 Å². The minimum Gasteiger partial charge on any atom is -0.509 e. The maximum atomic E-state index is 9.92. The molecule has 13 rings (SSSR count). The van der Waals surface area contributed by atoms with Gasteiger partial charge in [-0.25, -0.2) is 9.55 Å². The number of aryl methyl sites for hydroxylation is 1. The first-order valence-corrected chi connectivity index (χ1v) is 26.1. The molecule has 13 aromatic rings. The number of para-hydroxylation sites is 2. The zero-order valence-electron chi connectivity index (χ0n) is 69.4. The monoisotopic (exact) mass is 1230 g/mol. The summed E-state index contributed by atoms with van der Waals surface area (Å²) in [5, 5.41) is -1.13. The summed E-state index contributed by atoms with van der Waals surface area (Å²) >= 11 is 0. The third-order valence-corrected chi connectivity index (χ3v) is 17.5. The number of nitrogens with zero attached hydrogens (tertiary/aromatic N) is 4. The first kappa shape index (κ1) is 27.6. The van der Waals surface area contributed by atoms with Crippen LogP contribution in [0.5, 0.6) is 11.5 Å². The van der Waals surface area contributed by atoms with Crippen molar-refractivity contribution < 1.29 is 68.8 Å². The van der Waals surface area contributed by atoms with Crippen LogP contribution in [0.2, 0.25) is 0 Å². The van der Waals surface area contributed by atoms with Gasteiger partial charge in [0.05, 0.1) is 34.3 Å². The van der Waals surface area contributed by atoms with Gasteiger partial charge in [-0.3, -0.25) is 0 Å². The van der Waals surface area contributed by atoms with E-state index in [1.807, 2.05) is 6.07 Å². The van der Waals surface area contributed by atoms with E-state index in [1.54, 1.807) is 89.1 Å². The minimum absolute atomic E-state index is 0. The van der Waals surface area contributed by atoms with Gasteiger partial charge in [0, 0.05) is 70.4 Å². The summed E-state index contributed by atoms with van der Waals surface area (Å²) in [7, 11) is -5.89. The van der Waals surface area contributed by atoms with Gasteiger partial charge in [0.15, 0.2) is 19.1 Å². The van der Waals surface area contributed by atoms with Crippen LogP contribution in [0.1, 0.15) is 70.3 Å². The van der Waals surface area contributed by atoms with Crippen LogP contribution >= 0.6 is 0 Å². The predicted octanol–water partition coefficient (Wildman–Crippen LogP) is 14.1. The SMILES string of the molecule is [2H]c1c([2H])c([2H])c(-c2ccc3c(c2)n(-c2[c-]c(Oc4[c-]c5c(cc4)c4ccccc4n5-c4cc(C([2H])([2H])[2H])c(-c5c([2H])c([2H])c([2H])c([2H])c5[2H])cn4)ccc2)c[n+]3-c2c(C(C)(C)C)cccc2[Si](c2c([2H])c([2H])c([2H])c([2H])c2[2H])(c2c([2H])c([2H])c([2H])c([2H])c2[2H])c2c([2H])c([2H])c([2H])c([2H])c2[2H])c([2H])c1[2H].[Pt]. The Kier molecular flexibility index (Phi) is 7.32. The Morgan fingerprint density at radius 3 is 1.85 bits per heavy atom. The van der Waals surface area contributed by atoms with E-state index < -0.39 is 187 Å². The summed E-state index contributed by atoms with van der Waals surface area (Å²) in [5.41, 5.74) is -0.444. The van der Waals surface area contributed by atoms with E-state index >= 15 is 0 Å². The summed E-state index contributed by atoms with van der Waals surface area (Å²) in [6.45, 7) is 2.48. The van der Waals surface area contributed by atoms with Gasteiger partial charge in [-0.2, -0.15) is 16.7 Å². The quantitative estimate of drug-likeness (QED) is 0.0560. The average molecular weight is 1230 g/mol. The van der Waals surface area contributed by atoms with Gasteiger partial charge in [-0.1, -0.05) is 220 Å². The normalized spacial score (nSPS) is 17.0. The molecule has 0 radical (unpaired) electrons. The summed E-state index contributed by atoms with van der Waals surface area (Å²) in [6.07, 6.45) is 2.67. The first-order valence-electron chi connectivity index (χ1n) is 38.1. The van der Waals surface area contributed by atoms with Gasteiger partial charge in [-0.05, 0) is 85.8 Å². The van der Waals surface area contributed by atoms with Gasteiger partial charge in [-0.15, -0.1) is 29.7 Å². The number of rotatable bonds is 11. The van der Waals surface area contributed by atoms with E-state index in [4.69, 9.17) is 26.7 Å². The number of pyridine rings is 1. The number of hydrogen-bond donors (Lipinski definition) is 0. The van der Waals surface area contributed by atoms with Crippen LogP contribution in [0.15, 0.2) is 261 Å². The Hall–Kier alpha value is -8.67. The molecule has 10 aromatic carbocycles. The zero-order chi connectivity index (χ0) is 76.3. The molecule has 5 nitrogen and oxygen atoms in total. The van der Waals surface area contributed by atoms with Gasteiger partial charge in [0.1, 0.15) is 11.5 Å². The molecular formula is C71H55N4OPtSi-. The summed E-state index contributed by atoms with van der Waals surface area (Å²) in [5.74, 6) is 0.144. The fraction of sp³-hybridized carbons (Fsp3) is 0.0704. The number of benzene rings is 10. The third kappa shape index (κ3) is 8.81. The molecule has 0 bridgehead atoms. The van der Waals surface area contributed by atoms with E-state index in [-0.39, 0.29) is 93.8 Å².